The fourth-order valence-electron chi connectivity index (χ4n) is 1.59. The number of hydrogen-bond acceptors (Lipinski definition) is 2. The van der Waals surface area contributed by atoms with Crippen LogP contribution < -0.4 is 9.47 Å². The van der Waals surface area contributed by atoms with E-state index in [9.17, 15) is 4.39 Å². The van der Waals surface area contributed by atoms with Crippen LogP contribution in [0.4, 0.5) is 4.39 Å². The Kier molecular flexibility index (Phi) is 4.66. The van der Waals surface area contributed by atoms with Crippen LogP contribution in [0.2, 0.25) is 5.02 Å². The smallest absolute Gasteiger partial charge is 0.141 e. The lowest BCUT2D eigenvalue weighted by molar-refractivity contribution is 0.295. The molecule has 0 saturated heterocycles. The van der Waals surface area contributed by atoms with E-state index in [1.807, 2.05) is 0 Å². The highest BCUT2D eigenvalue weighted by Crippen LogP contribution is 2.26. The third kappa shape index (κ3) is 3.61. The number of benzene rings is 2. The van der Waals surface area contributed by atoms with E-state index in [1.54, 1.807) is 37.4 Å². The number of rotatable bonds is 4. The molecule has 0 atom stereocenters. The lowest BCUT2D eigenvalue weighted by Crippen LogP contribution is -1.99. The summed E-state index contributed by atoms with van der Waals surface area (Å²) in [6, 6.07) is 9.87. The molecule has 0 aliphatic carbocycles. The van der Waals surface area contributed by atoms with Crippen LogP contribution in [0.5, 0.6) is 11.5 Å². The van der Waals surface area contributed by atoms with Crippen LogP contribution in [0.1, 0.15) is 5.56 Å². The van der Waals surface area contributed by atoms with E-state index in [0.29, 0.717) is 21.0 Å². The summed E-state index contributed by atoms with van der Waals surface area (Å²) in [5, 5.41) is 0.599. The van der Waals surface area contributed by atoms with E-state index in [0.717, 1.165) is 5.56 Å². The Labute approximate surface area is 124 Å². The molecule has 0 fully saturated rings. The van der Waals surface area contributed by atoms with E-state index in [2.05, 4.69) is 15.9 Å². The second-order valence-corrected chi connectivity index (χ2v) is 5.11. The predicted molar refractivity (Wildman–Crippen MR) is 76.4 cm³/mol. The molecule has 0 radical (unpaired) electrons. The Balaban J connectivity index is 2.13. The SMILES string of the molecule is COc1ccc(Cl)cc1COc1ccc(Br)c(F)c1. The highest BCUT2D eigenvalue weighted by atomic mass is 79.9. The van der Waals surface area contributed by atoms with E-state index < -0.39 is 0 Å². The van der Waals surface area contributed by atoms with Crippen LogP contribution in [0.15, 0.2) is 40.9 Å². The van der Waals surface area contributed by atoms with Crippen molar-refractivity contribution in [3.05, 3.63) is 57.3 Å². The molecule has 19 heavy (non-hydrogen) atoms. The summed E-state index contributed by atoms with van der Waals surface area (Å²) in [7, 11) is 1.58. The summed E-state index contributed by atoms with van der Waals surface area (Å²) < 4.78 is 24.5. The van der Waals surface area contributed by atoms with Crippen LogP contribution >= 0.6 is 27.5 Å². The zero-order valence-electron chi connectivity index (χ0n) is 10.1. The van der Waals surface area contributed by atoms with Crippen molar-refractivity contribution in [2.75, 3.05) is 7.11 Å². The minimum Gasteiger partial charge on any atom is -0.496 e. The Hall–Kier alpha value is -1.26. The van der Waals surface area contributed by atoms with Gasteiger partial charge in [-0.25, -0.2) is 4.39 Å². The van der Waals surface area contributed by atoms with Gasteiger partial charge < -0.3 is 9.47 Å². The lowest BCUT2D eigenvalue weighted by Gasteiger charge is -2.11. The van der Waals surface area contributed by atoms with Crippen LogP contribution in [-0.2, 0) is 6.61 Å². The highest BCUT2D eigenvalue weighted by Gasteiger charge is 2.06. The molecular weight excluding hydrogens is 335 g/mol. The standard InChI is InChI=1S/C14H11BrClFO2/c1-18-14-5-2-10(16)6-9(14)8-19-11-3-4-12(15)13(17)7-11/h2-7H,8H2,1H3. The van der Waals surface area contributed by atoms with Crippen LogP contribution in [0.3, 0.4) is 0 Å². The van der Waals surface area contributed by atoms with E-state index in [4.69, 9.17) is 21.1 Å². The van der Waals surface area contributed by atoms with Crippen LogP contribution in [0, 0.1) is 5.82 Å². The topological polar surface area (TPSA) is 18.5 Å². The quantitative estimate of drug-likeness (QED) is 0.790. The van der Waals surface area contributed by atoms with Crippen molar-refractivity contribution in [2.24, 2.45) is 0 Å². The highest BCUT2D eigenvalue weighted by molar-refractivity contribution is 9.10. The van der Waals surface area contributed by atoms with Gasteiger partial charge >= 0.3 is 0 Å². The zero-order valence-corrected chi connectivity index (χ0v) is 12.5. The Bertz CT molecular complexity index is 590. The molecule has 0 amide bonds. The molecule has 0 unspecified atom stereocenters. The second-order valence-electron chi connectivity index (χ2n) is 3.82. The Morgan fingerprint density at radius 3 is 2.68 bits per heavy atom. The summed E-state index contributed by atoms with van der Waals surface area (Å²) >= 11 is 9.01. The third-order valence-corrected chi connectivity index (χ3v) is 3.41. The fourth-order valence-corrected chi connectivity index (χ4v) is 2.03. The molecule has 2 rings (SSSR count). The first-order chi connectivity index (χ1) is 9.10. The van der Waals surface area contributed by atoms with E-state index >= 15 is 0 Å². The Morgan fingerprint density at radius 2 is 2.00 bits per heavy atom. The first-order valence-electron chi connectivity index (χ1n) is 5.50. The molecule has 0 heterocycles. The average Bonchev–Trinajstić information content (AvgIpc) is 2.40. The minimum absolute atomic E-state index is 0.255. The van der Waals surface area contributed by atoms with E-state index in [1.165, 1.54) is 6.07 Å². The van der Waals surface area contributed by atoms with Crippen molar-refractivity contribution in [2.45, 2.75) is 6.61 Å². The normalized spacial score (nSPS) is 10.3. The summed E-state index contributed by atoms with van der Waals surface area (Å²) in [5.41, 5.74) is 0.804. The number of methoxy groups -OCH3 is 1. The van der Waals surface area contributed by atoms with Crippen molar-refractivity contribution >= 4 is 27.5 Å². The van der Waals surface area contributed by atoms with Gasteiger partial charge in [-0.15, -0.1) is 0 Å². The zero-order chi connectivity index (χ0) is 13.8. The maximum absolute atomic E-state index is 13.3. The molecular formula is C14H11BrClFO2. The van der Waals surface area contributed by atoms with E-state index in [-0.39, 0.29) is 12.4 Å². The number of ether oxygens (including phenoxy) is 2. The molecule has 0 spiro atoms. The summed E-state index contributed by atoms with van der Waals surface area (Å²) in [6.07, 6.45) is 0. The maximum Gasteiger partial charge on any atom is 0.141 e. The lowest BCUT2D eigenvalue weighted by atomic mass is 10.2. The monoisotopic (exact) mass is 344 g/mol. The van der Waals surface area contributed by atoms with Gasteiger partial charge in [-0.3, -0.25) is 0 Å². The number of halogens is 3. The van der Waals surface area contributed by atoms with Gasteiger partial charge in [-0.05, 0) is 46.3 Å². The maximum atomic E-state index is 13.3. The predicted octanol–water partition coefficient (Wildman–Crippen LogP) is 4.83. The first-order valence-corrected chi connectivity index (χ1v) is 6.67. The third-order valence-electron chi connectivity index (χ3n) is 2.53. The first kappa shape index (κ1) is 14.2. The van der Waals surface area contributed by atoms with Gasteiger partial charge in [-0.1, -0.05) is 11.6 Å². The van der Waals surface area contributed by atoms with Gasteiger partial charge in [-0.2, -0.15) is 0 Å². The summed E-state index contributed by atoms with van der Waals surface area (Å²) in [4.78, 5) is 0. The second kappa shape index (κ2) is 6.26. The molecule has 2 aromatic rings. The van der Waals surface area contributed by atoms with Crippen molar-refractivity contribution in [1.29, 1.82) is 0 Å². The average molecular weight is 346 g/mol. The van der Waals surface area contributed by atoms with Crippen molar-refractivity contribution in [1.82, 2.24) is 0 Å². The summed E-state index contributed by atoms with van der Waals surface area (Å²) in [6.45, 7) is 0.255. The van der Waals surface area contributed by atoms with Gasteiger partial charge in [0, 0.05) is 16.7 Å². The molecule has 5 heteroatoms. The van der Waals surface area contributed by atoms with Gasteiger partial charge in [0.2, 0.25) is 0 Å². The molecule has 2 aromatic carbocycles. The van der Waals surface area contributed by atoms with Crippen LogP contribution in [-0.4, -0.2) is 7.11 Å². The van der Waals surface area contributed by atoms with Crippen molar-refractivity contribution < 1.29 is 13.9 Å². The van der Waals surface area contributed by atoms with Gasteiger partial charge in [0.1, 0.15) is 23.9 Å². The van der Waals surface area contributed by atoms with Gasteiger partial charge in [0.15, 0.2) is 0 Å². The van der Waals surface area contributed by atoms with Gasteiger partial charge in [0.25, 0.3) is 0 Å². The largest absolute Gasteiger partial charge is 0.496 e. The van der Waals surface area contributed by atoms with Crippen molar-refractivity contribution in [3.63, 3.8) is 0 Å². The molecule has 100 valence electrons. The molecule has 2 nitrogen and oxygen atoms in total. The fraction of sp³-hybridized carbons (Fsp3) is 0.143. The van der Waals surface area contributed by atoms with Crippen molar-refractivity contribution in [3.8, 4) is 11.5 Å². The molecule has 0 bridgehead atoms. The molecule has 0 aromatic heterocycles. The Morgan fingerprint density at radius 1 is 1.21 bits per heavy atom. The van der Waals surface area contributed by atoms with Gasteiger partial charge in [0.05, 0.1) is 11.6 Å². The molecule has 0 N–H and O–H groups in total. The number of hydrogen-bond donors (Lipinski definition) is 0. The molecule has 0 aliphatic heterocycles. The minimum atomic E-state index is -0.365. The molecule has 0 saturated carbocycles. The van der Waals surface area contributed by atoms with Crippen LogP contribution in [0.25, 0.3) is 0 Å². The summed E-state index contributed by atoms with van der Waals surface area (Å²) in [5.74, 6) is 0.764. The molecule has 0 aliphatic rings.